The van der Waals surface area contributed by atoms with Crippen molar-refractivity contribution in [2.75, 3.05) is 24.6 Å². The molecule has 0 amide bonds. The molecule has 6 heteroatoms. The number of benzene rings is 1. The molecular formula is C12H14ClNO3S. The van der Waals surface area contributed by atoms with Crippen LogP contribution in [0.1, 0.15) is 11.6 Å². The Bertz CT molecular complexity index is 470. The van der Waals surface area contributed by atoms with Gasteiger partial charge in [0.1, 0.15) is 6.04 Å². The quantitative estimate of drug-likeness (QED) is 0.916. The summed E-state index contributed by atoms with van der Waals surface area (Å²) in [6, 6.07) is 6.19. The minimum absolute atomic E-state index is 0.527. The number of rotatable bonds is 3. The summed E-state index contributed by atoms with van der Waals surface area (Å²) >= 11 is 5.90. The van der Waals surface area contributed by atoms with Gasteiger partial charge in [0.05, 0.1) is 0 Å². The molecule has 1 atom stereocenters. The third-order valence-corrected chi connectivity index (χ3v) is 4.49. The van der Waals surface area contributed by atoms with E-state index in [2.05, 4.69) is 0 Å². The van der Waals surface area contributed by atoms with E-state index in [9.17, 15) is 14.1 Å². The first-order valence-corrected chi connectivity index (χ1v) is 7.52. The highest BCUT2D eigenvalue weighted by Crippen LogP contribution is 2.24. The van der Waals surface area contributed by atoms with Crippen LogP contribution in [0.2, 0.25) is 5.02 Å². The normalized spacial score (nSPS) is 19.6. The Morgan fingerprint density at radius 2 is 2.06 bits per heavy atom. The first-order valence-electron chi connectivity index (χ1n) is 5.65. The van der Waals surface area contributed by atoms with Crippen LogP contribution < -0.4 is 0 Å². The topological polar surface area (TPSA) is 57.6 Å². The maximum atomic E-state index is 11.4. The van der Waals surface area contributed by atoms with E-state index in [1.807, 2.05) is 4.90 Å². The van der Waals surface area contributed by atoms with E-state index in [0.29, 0.717) is 35.2 Å². The molecule has 0 saturated carbocycles. The van der Waals surface area contributed by atoms with Crippen molar-refractivity contribution in [2.45, 2.75) is 6.04 Å². The van der Waals surface area contributed by atoms with Gasteiger partial charge in [-0.3, -0.25) is 13.9 Å². The fourth-order valence-corrected chi connectivity index (χ4v) is 3.38. The summed E-state index contributed by atoms with van der Waals surface area (Å²) < 4.78 is 11.3. The van der Waals surface area contributed by atoms with Gasteiger partial charge in [-0.05, 0) is 17.7 Å². The average molecular weight is 288 g/mol. The van der Waals surface area contributed by atoms with Gasteiger partial charge in [0.25, 0.3) is 0 Å². The van der Waals surface area contributed by atoms with Gasteiger partial charge in [0.2, 0.25) is 0 Å². The lowest BCUT2D eigenvalue weighted by atomic mass is 10.1. The van der Waals surface area contributed by atoms with E-state index in [-0.39, 0.29) is 0 Å². The lowest BCUT2D eigenvalue weighted by Crippen LogP contribution is -2.43. The second kappa shape index (κ2) is 5.82. The van der Waals surface area contributed by atoms with Crippen molar-refractivity contribution in [3.05, 3.63) is 34.9 Å². The average Bonchev–Trinajstić information content (AvgIpc) is 2.32. The summed E-state index contributed by atoms with van der Waals surface area (Å²) in [6.45, 7) is 1.08. The molecule has 0 bridgehead atoms. The molecule has 2 rings (SSSR count). The Hall–Kier alpha value is -0.910. The molecule has 1 saturated heterocycles. The van der Waals surface area contributed by atoms with Crippen molar-refractivity contribution < 1.29 is 14.1 Å². The molecule has 98 valence electrons. The van der Waals surface area contributed by atoms with Gasteiger partial charge in [-0.25, -0.2) is 0 Å². The van der Waals surface area contributed by atoms with Crippen molar-refractivity contribution in [2.24, 2.45) is 0 Å². The number of carboxylic acids is 1. The van der Waals surface area contributed by atoms with E-state index < -0.39 is 22.8 Å². The number of nitrogens with zero attached hydrogens (tertiary/aromatic N) is 1. The van der Waals surface area contributed by atoms with Gasteiger partial charge in [-0.15, -0.1) is 0 Å². The predicted molar refractivity (Wildman–Crippen MR) is 71.3 cm³/mol. The minimum atomic E-state index is -0.898. The number of carboxylic acid groups (broad SMARTS) is 1. The van der Waals surface area contributed by atoms with Crippen molar-refractivity contribution in [1.29, 1.82) is 0 Å². The van der Waals surface area contributed by atoms with Crippen LogP contribution in [0.3, 0.4) is 0 Å². The predicted octanol–water partition coefficient (Wildman–Crippen LogP) is 1.53. The standard InChI is InChI=1S/C12H14ClNO3S/c13-10-3-1-2-9(8-10)11(12(15)16)14-4-6-18(17)7-5-14/h1-3,8,11H,4-7H2,(H,15,16). The summed E-state index contributed by atoms with van der Waals surface area (Å²) in [7, 11) is -0.812. The van der Waals surface area contributed by atoms with Crippen LogP contribution in [0.25, 0.3) is 0 Å². The van der Waals surface area contributed by atoms with E-state index in [0.717, 1.165) is 0 Å². The van der Waals surface area contributed by atoms with Crippen molar-refractivity contribution >= 4 is 28.4 Å². The molecule has 1 aromatic rings. The summed E-state index contributed by atoms with van der Waals surface area (Å²) in [5.74, 6) is 0.166. The van der Waals surface area contributed by atoms with Crippen LogP contribution in [0.5, 0.6) is 0 Å². The molecule has 0 aromatic heterocycles. The number of halogens is 1. The van der Waals surface area contributed by atoms with Gasteiger partial charge in [-0.2, -0.15) is 0 Å². The zero-order valence-corrected chi connectivity index (χ0v) is 11.3. The van der Waals surface area contributed by atoms with Crippen LogP contribution in [0, 0.1) is 0 Å². The molecule has 1 N–H and O–H groups in total. The summed E-state index contributed by atoms with van der Waals surface area (Å²) in [4.78, 5) is 13.3. The lowest BCUT2D eigenvalue weighted by molar-refractivity contribution is -0.143. The second-order valence-electron chi connectivity index (χ2n) is 4.18. The Balaban J connectivity index is 2.23. The van der Waals surface area contributed by atoms with Gasteiger partial charge in [0.15, 0.2) is 0 Å². The first-order chi connectivity index (χ1) is 8.58. The Kier molecular flexibility index (Phi) is 4.37. The molecular weight excluding hydrogens is 274 g/mol. The highest BCUT2D eigenvalue weighted by atomic mass is 35.5. The Morgan fingerprint density at radius 3 is 2.61 bits per heavy atom. The molecule has 18 heavy (non-hydrogen) atoms. The Morgan fingerprint density at radius 1 is 1.39 bits per heavy atom. The molecule has 0 aliphatic carbocycles. The number of carbonyl (C=O) groups is 1. The highest BCUT2D eigenvalue weighted by Gasteiger charge is 2.30. The third kappa shape index (κ3) is 3.10. The van der Waals surface area contributed by atoms with E-state index in [4.69, 9.17) is 11.6 Å². The fourth-order valence-electron chi connectivity index (χ4n) is 2.10. The largest absolute Gasteiger partial charge is 0.480 e. The second-order valence-corrected chi connectivity index (χ2v) is 6.31. The first kappa shape index (κ1) is 13.5. The molecule has 1 unspecified atom stereocenters. The van der Waals surface area contributed by atoms with Crippen LogP contribution in [-0.2, 0) is 15.6 Å². The molecule has 1 aromatic carbocycles. The zero-order chi connectivity index (χ0) is 13.1. The van der Waals surface area contributed by atoms with Crippen molar-refractivity contribution in [3.63, 3.8) is 0 Å². The van der Waals surface area contributed by atoms with Crippen molar-refractivity contribution in [1.82, 2.24) is 4.90 Å². The maximum Gasteiger partial charge on any atom is 0.325 e. The third-order valence-electron chi connectivity index (χ3n) is 2.98. The summed E-state index contributed by atoms with van der Waals surface area (Å²) in [5.41, 5.74) is 0.669. The number of hydrogen-bond donors (Lipinski definition) is 1. The maximum absolute atomic E-state index is 11.4. The van der Waals surface area contributed by atoms with Crippen LogP contribution in [-0.4, -0.2) is 44.8 Å². The van der Waals surface area contributed by atoms with E-state index in [1.54, 1.807) is 24.3 Å². The minimum Gasteiger partial charge on any atom is -0.480 e. The zero-order valence-electron chi connectivity index (χ0n) is 9.71. The van der Waals surface area contributed by atoms with Crippen molar-refractivity contribution in [3.8, 4) is 0 Å². The monoisotopic (exact) mass is 287 g/mol. The summed E-state index contributed by atoms with van der Waals surface area (Å²) in [5, 5.41) is 9.90. The van der Waals surface area contributed by atoms with E-state index in [1.165, 1.54) is 0 Å². The highest BCUT2D eigenvalue weighted by molar-refractivity contribution is 7.85. The van der Waals surface area contributed by atoms with Crippen LogP contribution in [0.4, 0.5) is 0 Å². The lowest BCUT2D eigenvalue weighted by Gasteiger charge is -2.31. The molecule has 0 radical (unpaired) electrons. The number of aliphatic carboxylic acids is 1. The van der Waals surface area contributed by atoms with Gasteiger partial charge in [-0.1, -0.05) is 23.7 Å². The molecule has 1 fully saturated rings. The molecule has 1 aliphatic heterocycles. The smallest absolute Gasteiger partial charge is 0.325 e. The molecule has 1 aliphatic rings. The summed E-state index contributed by atoms with van der Waals surface area (Å²) in [6.07, 6.45) is 0. The number of hydrogen-bond acceptors (Lipinski definition) is 3. The van der Waals surface area contributed by atoms with Crippen LogP contribution in [0.15, 0.2) is 24.3 Å². The van der Waals surface area contributed by atoms with Crippen LogP contribution >= 0.6 is 11.6 Å². The van der Waals surface area contributed by atoms with Gasteiger partial charge < -0.3 is 5.11 Å². The van der Waals surface area contributed by atoms with Gasteiger partial charge >= 0.3 is 5.97 Å². The molecule has 4 nitrogen and oxygen atoms in total. The molecule has 1 heterocycles. The SMILES string of the molecule is O=C(O)C(c1cccc(Cl)c1)N1CCS(=O)CC1. The fraction of sp³-hybridized carbons (Fsp3) is 0.417. The Labute approximate surface area is 113 Å². The van der Waals surface area contributed by atoms with Gasteiger partial charge in [0, 0.05) is 40.4 Å². The van der Waals surface area contributed by atoms with E-state index >= 15 is 0 Å². The molecule has 0 spiro atoms.